The molecule has 3 rings (SSSR count). The first-order valence-corrected chi connectivity index (χ1v) is 8.58. The smallest absolute Gasteiger partial charge is 0.118 e. The summed E-state index contributed by atoms with van der Waals surface area (Å²) < 4.78 is 10.4. The van der Waals surface area contributed by atoms with E-state index in [-0.39, 0.29) is 0 Å². The van der Waals surface area contributed by atoms with E-state index >= 15 is 0 Å². The molecule has 0 atom stereocenters. The fourth-order valence-electron chi connectivity index (χ4n) is 3.10. The molecule has 2 nitrogen and oxygen atoms in total. The summed E-state index contributed by atoms with van der Waals surface area (Å²) in [6.07, 6.45) is 7.78. The summed E-state index contributed by atoms with van der Waals surface area (Å²) in [5, 5.41) is 0. The van der Waals surface area contributed by atoms with Crippen LogP contribution >= 0.6 is 0 Å². The normalized spacial score (nSPS) is 17.8. The second-order valence-electron chi connectivity index (χ2n) is 6.22. The maximum atomic E-state index is 5.22. The first-order chi connectivity index (χ1) is 12.2. The molecule has 0 spiro atoms. The van der Waals surface area contributed by atoms with Gasteiger partial charge in [0.2, 0.25) is 0 Å². The van der Waals surface area contributed by atoms with Crippen molar-refractivity contribution in [1.82, 2.24) is 0 Å². The lowest BCUT2D eigenvalue weighted by Crippen LogP contribution is -2.01. The molecule has 0 saturated heterocycles. The Labute approximate surface area is 150 Å². The van der Waals surface area contributed by atoms with E-state index in [1.807, 2.05) is 24.3 Å². The summed E-state index contributed by atoms with van der Waals surface area (Å²) in [5.74, 6) is 1.76. The van der Waals surface area contributed by atoms with Crippen LogP contribution in [0.5, 0.6) is 11.5 Å². The van der Waals surface area contributed by atoms with Gasteiger partial charge in [-0.05, 0) is 71.4 Å². The van der Waals surface area contributed by atoms with E-state index in [4.69, 9.17) is 9.47 Å². The first kappa shape index (κ1) is 17.1. The van der Waals surface area contributed by atoms with Gasteiger partial charge in [-0.1, -0.05) is 43.0 Å². The summed E-state index contributed by atoms with van der Waals surface area (Å²) in [5.41, 5.74) is 6.15. The lowest BCUT2D eigenvalue weighted by molar-refractivity contribution is 0.414. The van der Waals surface area contributed by atoms with Crippen molar-refractivity contribution >= 4 is 12.2 Å². The van der Waals surface area contributed by atoms with Gasteiger partial charge in [-0.25, -0.2) is 0 Å². The van der Waals surface area contributed by atoms with Crippen LogP contribution in [0.4, 0.5) is 0 Å². The zero-order chi connectivity index (χ0) is 17.6. The molecule has 0 N–H and O–H groups in total. The molecule has 0 radical (unpaired) electrons. The Bertz CT molecular complexity index is 725. The van der Waals surface area contributed by atoms with Gasteiger partial charge in [-0.2, -0.15) is 0 Å². The van der Waals surface area contributed by atoms with Crippen LogP contribution in [0.2, 0.25) is 0 Å². The quantitative estimate of drug-likeness (QED) is 0.693. The Morgan fingerprint density at radius 3 is 1.48 bits per heavy atom. The third kappa shape index (κ3) is 4.21. The molecule has 2 aromatic carbocycles. The molecule has 1 aliphatic rings. The summed E-state index contributed by atoms with van der Waals surface area (Å²) in [6, 6.07) is 16.3. The Morgan fingerprint density at radius 2 is 1.12 bits per heavy atom. The lowest BCUT2D eigenvalue weighted by atomic mass is 9.84. The maximum Gasteiger partial charge on any atom is 0.118 e. The van der Waals surface area contributed by atoms with E-state index in [1.54, 1.807) is 14.2 Å². The fraction of sp³-hybridized carbons (Fsp3) is 0.217. The summed E-state index contributed by atoms with van der Waals surface area (Å²) in [4.78, 5) is 0. The minimum Gasteiger partial charge on any atom is -0.497 e. The molecular formula is C23H24O2. The van der Waals surface area contributed by atoms with Crippen molar-refractivity contribution < 1.29 is 9.47 Å². The van der Waals surface area contributed by atoms with Gasteiger partial charge in [0.05, 0.1) is 14.2 Å². The third-order valence-corrected chi connectivity index (χ3v) is 4.58. The highest BCUT2D eigenvalue weighted by molar-refractivity contribution is 5.69. The van der Waals surface area contributed by atoms with E-state index in [1.165, 1.54) is 22.3 Å². The van der Waals surface area contributed by atoms with Crippen LogP contribution in [0.15, 0.2) is 71.8 Å². The van der Waals surface area contributed by atoms with Crippen molar-refractivity contribution in [1.29, 1.82) is 0 Å². The molecule has 0 bridgehead atoms. The van der Waals surface area contributed by atoms with Gasteiger partial charge in [-0.3, -0.25) is 0 Å². The van der Waals surface area contributed by atoms with Crippen molar-refractivity contribution in [3.8, 4) is 11.5 Å². The summed E-state index contributed by atoms with van der Waals surface area (Å²) >= 11 is 0. The van der Waals surface area contributed by atoms with Gasteiger partial charge >= 0.3 is 0 Å². The minimum atomic E-state index is 0.879. The van der Waals surface area contributed by atoms with Crippen LogP contribution < -0.4 is 9.47 Å². The minimum absolute atomic E-state index is 0.879. The largest absolute Gasteiger partial charge is 0.497 e. The van der Waals surface area contributed by atoms with E-state index in [0.29, 0.717) is 0 Å². The molecule has 1 fully saturated rings. The Morgan fingerprint density at radius 1 is 0.720 bits per heavy atom. The van der Waals surface area contributed by atoms with E-state index < -0.39 is 0 Å². The number of ether oxygens (including phenoxy) is 2. The number of benzene rings is 2. The lowest BCUT2D eigenvalue weighted by Gasteiger charge is -2.21. The van der Waals surface area contributed by atoms with Crippen molar-refractivity contribution in [2.45, 2.75) is 19.3 Å². The predicted octanol–water partition coefficient (Wildman–Crippen LogP) is 5.91. The standard InChI is InChI=1S/C23H24O2/c1-17-20(15-18-7-11-22(24-2)12-8-18)5-4-6-21(17)16-19-9-13-23(25-3)14-10-19/h7-16H,1,4-6H2,2-3H3/b20-15-,21-16-. The molecule has 2 heteroatoms. The number of hydrogen-bond acceptors (Lipinski definition) is 2. The second kappa shape index (κ2) is 7.89. The van der Waals surface area contributed by atoms with Crippen molar-refractivity contribution in [2.24, 2.45) is 0 Å². The SMILES string of the molecule is C=C1/C(=C\c2ccc(OC)cc2)CCC/C1=C/c1ccc(OC)cc1. The van der Waals surface area contributed by atoms with Crippen LogP contribution in [-0.4, -0.2) is 14.2 Å². The van der Waals surface area contributed by atoms with Gasteiger partial charge in [0.15, 0.2) is 0 Å². The van der Waals surface area contributed by atoms with E-state index in [9.17, 15) is 0 Å². The average Bonchev–Trinajstić information content (AvgIpc) is 2.66. The number of methoxy groups -OCH3 is 2. The van der Waals surface area contributed by atoms with Gasteiger partial charge in [0.25, 0.3) is 0 Å². The topological polar surface area (TPSA) is 18.5 Å². The number of hydrogen-bond donors (Lipinski definition) is 0. The van der Waals surface area contributed by atoms with Crippen molar-refractivity contribution in [3.05, 3.63) is 83.0 Å². The van der Waals surface area contributed by atoms with Crippen LogP contribution in [-0.2, 0) is 0 Å². The van der Waals surface area contributed by atoms with Crippen LogP contribution in [0.25, 0.3) is 12.2 Å². The van der Waals surface area contributed by atoms with Crippen LogP contribution in [0.1, 0.15) is 30.4 Å². The second-order valence-corrected chi connectivity index (χ2v) is 6.22. The fourth-order valence-corrected chi connectivity index (χ4v) is 3.10. The summed E-state index contributed by atoms with van der Waals surface area (Å²) in [6.45, 7) is 4.35. The van der Waals surface area contributed by atoms with Crippen LogP contribution in [0, 0.1) is 0 Å². The monoisotopic (exact) mass is 332 g/mol. The molecule has 1 saturated carbocycles. The van der Waals surface area contributed by atoms with Crippen molar-refractivity contribution in [3.63, 3.8) is 0 Å². The summed E-state index contributed by atoms with van der Waals surface area (Å²) in [7, 11) is 3.37. The van der Waals surface area contributed by atoms with Gasteiger partial charge in [-0.15, -0.1) is 0 Å². The molecule has 0 aliphatic heterocycles. The van der Waals surface area contributed by atoms with E-state index in [0.717, 1.165) is 36.3 Å². The molecule has 2 aromatic rings. The molecule has 1 aliphatic carbocycles. The maximum absolute atomic E-state index is 5.22. The number of rotatable bonds is 4. The molecule has 0 amide bonds. The third-order valence-electron chi connectivity index (χ3n) is 4.58. The highest BCUT2D eigenvalue weighted by atomic mass is 16.5. The zero-order valence-electron chi connectivity index (χ0n) is 14.9. The molecule has 25 heavy (non-hydrogen) atoms. The Hall–Kier alpha value is -2.74. The highest BCUT2D eigenvalue weighted by Crippen LogP contribution is 2.35. The van der Waals surface area contributed by atoms with Gasteiger partial charge in [0.1, 0.15) is 11.5 Å². The highest BCUT2D eigenvalue weighted by Gasteiger charge is 2.15. The molecule has 0 heterocycles. The van der Waals surface area contributed by atoms with Gasteiger partial charge in [0, 0.05) is 0 Å². The Kier molecular flexibility index (Phi) is 5.39. The van der Waals surface area contributed by atoms with E-state index in [2.05, 4.69) is 43.0 Å². The molecule has 128 valence electrons. The first-order valence-electron chi connectivity index (χ1n) is 8.58. The average molecular weight is 332 g/mol. The van der Waals surface area contributed by atoms with Crippen molar-refractivity contribution in [2.75, 3.05) is 14.2 Å². The molecular weight excluding hydrogens is 308 g/mol. The number of allylic oxidation sites excluding steroid dienone is 3. The predicted molar refractivity (Wildman–Crippen MR) is 105 cm³/mol. The van der Waals surface area contributed by atoms with Crippen LogP contribution in [0.3, 0.4) is 0 Å². The Balaban J connectivity index is 1.81. The zero-order valence-corrected chi connectivity index (χ0v) is 14.9. The van der Waals surface area contributed by atoms with Gasteiger partial charge < -0.3 is 9.47 Å². The molecule has 0 aromatic heterocycles. The molecule has 0 unspecified atom stereocenters.